The van der Waals surface area contributed by atoms with E-state index in [1.807, 2.05) is 35.4 Å². The van der Waals surface area contributed by atoms with Crippen molar-refractivity contribution in [2.45, 2.75) is 51.7 Å². The third-order valence-electron chi connectivity index (χ3n) is 5.46. The fourth-order valence-corrected chi connectivity index (χ4v) is 4.07. The zero-order chi connectivity index (χ0) is 18.8. The van der Waals surface area contributed by atoms with E-state index in [9.17, 15) is 9.59 Å². The van der Waals surface area contributed by atoms with Gasteiger partial charge in [-0.25, -0.2) is 9.78 Å². The molecule has 1 N–H and O–H groups in total. The quantitative estimate of drug-likeness (QED) is 0.905. The molecule has 0 unspecified atom stereocenters. The van der Waals surface area contributed by atoms with Crippen LogP contribution in [0.4, 0.5) is 16.2 Å². The van der Waals surface area contributed by atoms with E-state index in [-0.39, 0.29) is 11.9 Å². The first-order chi connectivity index (χ1) is 13.1. The average Bonchev–Trinajstić information content (AvgIpc) is 3.34. The monoisotopic (exact) mass is 367 g/mol. The van der Waals surface area contributed by atoms with Crippen molar-refractivity contribution in [3.05, 3.63) is 42.5 Å². The van der Waals surface area contributed by atoms with E-state index >= 15 is 0 Å². The van der Waals surface area contributed by atoms with Crippen LogP contribution >= 0.6 is 0 Å². The number of amides is 3. The van der Waals surface area contributed by atoms with Gasteiger partial charge in [-0.15, -0.1) is 0 Å². The number of benzene rings is 1. The van der Waals surface area contributed by atoms with Crippen LogP contribution in [-0.4, -0.2) is 39.0 Å². The SMILES string of the molecule is CC(=O)N(c1ccc(NC(=O)N2CCn3ccnc3C2)cc1)C1CCCC1. The zero-order valence-corrected chi connectivity index (χ0v) is 15.6. The van der Waals surface area contributed by atoms with Gasteiger partial charge in [0.1, 0.15) is 5.82 Å². The Hall–Kier alpha value is -2.83. The van der Waals surface area contributed by atoms with E-state index in [2.05, 4.69) is 14.9 Å². The Labute approximate surface area is 159 Å². The van der Waals surface area contributed by atoms with E-state index in [1.54, 1.807) is 18.0 Å². The summed E-state index contributed by atoms with van der Waals surface area (Å²) < 4.78 is 2.07. The fourth-order valence-electron chi connectivity index (χ4n) is 4.07. The van der Waals surface area contributed by atoms with E-state index < -0.39 is 0 Å². The number of aromatic nitrogens is 2. The summed E-state index contributed by atoms with van der Waals surface area (Å²) in [4.78, 5) is 32.6. The second-order valence-corrected chi connectivity index (χ2v) is 7.26. The molecule has 2 heterocycles. The third-order valence-corrected chi connectivity index (χ3v) is 5.46. The number of hydrogen-bond acceptors (Lipinski definition) is 3. The summed E-state index contributed by atoms with van der Waals surface area (Å²) in [6, 6.07) is 7.72. The van der Waals surface area contributed by atoms with Gasteiger partial charge in [-0.05, 0) is 37.1 Å². The molecule has 1 aromatic heterocycles. The van der Waals surface area contributed by atoms with Crippen molar-refractivity contribution in [1.29, 1.82) is 0 Å². The van der Waals surface area contributed by atoms with Gasteiger partial charge in [-0.1, -0.05) is 12.8 Å². The summed E-state index contributed by atoms with van der Waals surface area (Å²) in [5, 5.41) is 2.95. The molecule has 142 valence electrons. The van der Waals surface area contributed by atoms with Gasteiger partial charge in [-0.3, -0.25) is 4.79 Å². The van der Waals surface area contributed by atoms with Crippen LogP contribution in [0.3, 0.4) is 0 Å². The minimum Gasteiger partial charge on any atom is -0.332 e. The Morgan fingerprint density at radius 1 is 1.15 bits per heavy atom. The van der Waals surface area contributed by atoms with Gasteiger partial charge in [0, 0.05) is 49.8 Å². The number of hydrogen-bond donors (Lipinski definition) is 1. The molecule has 2 aromatic rings. The highest BCUT2D eigenvalue weighted by atomic mass is 16.2. The number of nitrogens with zero attached hydrogens (tertiary/aromatic N) is 4. The molecule has 0 radical (unpaired) electrons. The predicted molar refractivity (Wildman–Crippen MR) is 104 cm³/mol. The summed E-state index contributed by atoms with van der Waals surface area (Å²) in [6.07, 6.45) is 8.17. The molecule has 1 aliphatic carbocycles. The van der Waals surface area contributed by atoms with Crippen LogP contribution in [0.15, 0.2) is 36.7 Å². The second-order valence-electron chi connectivity index (χ2n) is 7.26. The van der Waals surface area contributed by atoms with E-state index in [0.717, 1.165) is 36.6 Å². The molecule has 0 spiro atoms. The molecule has 7 heteroatoms. The van der Waals surface area contributed by atoms with Crippen molar-refractivity contribution in [2.75, 3.05) is 16.8 Å². The molecular weight excluding hydrogens is 342 g/mol. The number of imidazole rings is 1. The van der Waals surface area contributed by atoms with Crippen molar-refractivity contribution in [2.24, 2.45) is 0 Å². The van der Waals surface area contributed by atoms with Crippen molar-refractivity contribution in [3.63, 3.8) is 0 Å². The largest absolute Gasteiger partial charge is 0.332 e. The molecule has 0 atom stereocenters. The molecule has 1 saturated carbocycles. The Bertz CT molecular complexity index is 823. The molecule has 0 bridgehead atoms. The number of anilines is 2. The maximum Gasteiger partial charge on any atom is 0.322 e. The van der Waals surface area contributed by atoms with E-state index in [1.165, 1.54) is 12.8 Å². The van der Waals surface area contributed by atoms with Crippen LogP contribution in [0.2, 0.25) is 0 Å². The number of rotatable bonds is 3. The van der Waals surface area contributed by atoms with Crippen molar-refractivity contribution in [3.8, 4) is 0 Å². The lowest BCUT2D eigenvalue weighted by Crippen LogP contribution is -2.40. The van der Waals surface area contributed by atoms with Crippen LogP contribution in [0.5, 0.6) is 0 Å². The number of urea groups is 1. The molecule has 1 aromatic carbocycles. The number of fused-ring (bicyclic) bond motifs is 1. The molecular formula is C20H25N5O2. The summed E-state index contributed by atoms with van der Waals surface area (Å²) in [7, 11) is 0. The Morgan fingerprint density at radius 3 is 2.59 bits per heavy atom. The molecule has 1 aliphatic heterocycles. The summed E-state index contributed by atoms with van der Waals surface area (Å²) in [5.74, 6) is 0.975. The molecule has 3 amide bonds. The Balaban J connectivity index is 1.41. The van der Waals surface area contributed by atoms with Gasteiger partial charge >= 0.3 is 6.03 Å². The third kappa shape index (κ3) is 3.67. The van der Waals surface area contributed by atoms with Gasteiger partial charge in [0.25, 0.3) is 0 Å². The lowest BCUT2D eigenvalue weighted by Gasteiger charge is -2.29. The number of carbonyl (C=O) groups excluding carboxylic acids is 2. The molecule has 2 aliphatic rings. The van der Waals surface area contributed by atoms with Crippen LogP contribution in [-0.2, 0) is 17.9 Å². The van der Waals surface area contributed by atoms with Gasteiger partial charge < -0.3 is 19.7 Å². The van der Waals surface area contributed by atoms with Gasteiger partial charge in [-0.2, -0.15) is 0 Å². The first-order valence-corrected chi connectivity index (χ1v) is 9.57. The fraction of sp³-hybridized carbons (Fsp3) is 0.450. The maximum absolute atomic E-state index is 12.5. The highest BCUT2D eigenvalue weighted by Crippen LogP contribution is 2.29. The lowest BCUT2D eigenvalue weighted by atomic mass is 10.1. The smallest absolute Gasteiger partial charge is 0.322 e. The Morgan fingerprint density at radius 2 is 1.89 bits per heavy atom. The van der Waals surface area contributed by atoms with Gasteiger partial charge in [0.15, 0.2) is 0 Å². The predicted octanol–water partition coefficient (Wildman–Crippen LogP) is 3.23. The van der Waals surface area contributed by atoms with Crippen LogP contribution in [0, 0.1) is 0 Å². The average molecular weight is 367 g/mol. The molecule has 7 nitrogen and oxygen atoms in total. The Kier molecular flexibility index (Phi) is 4.83. The van der Waals surface area contributed by atoms with Crippen LogP contribution in [0.25, 0.3) is 0 Å². The summed E-state index contributed by atoms with van der Waals surface area (Å²) in [5.41, 5.74) is 1.62. The normalized spacial score (nSPS) is 16.9. The zero-order valence-electron chi connectivity index (χ0n) is 15.6. The lowest BCUT2D eigenvalue weighted by molar-refractivity contribution is -0.117. The highest BCUT2D eigenvalue weighted by Gasteiger charge is 2.26. The topological polar surface area (TPSA) is 70.5 Å². The maximum atomic E-state index is 12.5. The second kappa shape index (κ2) is 7.42. The molecule has 0 saturated heterocycles. The molecule has 27 heavy (non-hydrogen) atoms. The van der Waals surface area contributed by atoms with Crippen LogP contribution < -0.4 is 10.2 Å². The van der Waals surface area contributed by atoms with Crippen molar-refractivity contribution < 1.29 is 9.59 Å². The van der Waals surface area contributed by atoms with Gasteiger partial charge in [0.2, 0.25) is 5.91 Å². The standard InChI is InChI=1S/C20H25N5O2/c1-15(26)25(17-4-2-3-5-17)18-8-6-16(7-9-18)22-20(27)24-13-12-23-11-10-21-19(23)14-24/h6-11,17H,2-5,12-14H2,1H3,(H,22,27). The first kappa shape index (κ1) is 17.6. The van der Waals surface area contributed by atoms with Crippen LogP contribution in [0.1, 0.15) is 38.4 Å². The van der Waals surface area contributed by atoms with E-state index in [0.29, 0.717) is 19.1 Å². The highest BCUT2D eigenvalue weighted by molar-refractivity contribution is 5.93. The minimum atomic E-state index is -0.129. The van der Waals surface area contributed by atoms with Gasteiger partial charge in [0.05, 0.1) is 6.54 Å². The minimum absolute atomic E-state index is 0.0718. The molecule has 4 rings (SSSR count). The van der Waals surface area contributed by atoms with E-state index in [4.69, 9.17) is 0 Å². The summed E-state index contributed by atoms with van der Waals surface area (Å²) >= 11 is 0. The number of carbonyl (C=O) groups is 2. The van der Waals surface area contributed by atoms with Crippen molar-refractivity contribution >= 4 is 23.3 Å². The first-order valence-electron chi connectivity index (χ1n) is 9.57. The molecule has 1 fully saturated rings. The summed E-state index contributed by atoms with van der Waals surface area (Å²) in [6.45, 7) is 3.55. The number of nitrogens with one attached hydrogen (secondary N) is 1. The van der Waals surface area contributed by atoms with Crippen molar-refractivity contribution in [1.82, 2.24) is 14.5 Å².